The van der Waals surface area contributed by atoms with Gasteiger partial charge in [0, 0.05) is 23.5 Å². The molecule has 1 aromatic rings. The molecule has 1 heterocycles. The van der Waals surface area contributed by atoms with E-state index in [0.29, 0.717) is 43.4 Å². The van der Waals surface area contributed by atoms with E-state index in [2.05, 4.69) is 23.6 Å². The molecule has 0 spiro atoms. The highest BCUT2D eigenvalue weighted by molar-refractivity contribution is 5.94. The van der Waals surface area contributed by atoms with E-state index in [4.69, 9.17) is 0 Å². The summed E-state index contributed by atoms with van der Waals surface area (Å²) in [5.74, 6) is -0.464. The molecule has 1 saturated heterocycles. The van der Waals surface area contributed by atoms with Gasteiger partial charge in [0.15, 0.2) is 0 Å². The Balaban J connectivity index is 1.40. The fourth-order valence-electron chi connectivity index (χ4n) is 7.92. The van der Waals surface area contributed by atoms with Crippen LogP contribution in [-0.4, -0.2) is 11.8 Å². The number of carbonyl (C=O) groups excluding carboxylic acids is 2. The Morgan fingerprint density at radius 2 is 1.73 bits per heavy atom. The molecule has 2 N–H and O–H groups in total. The second-order valence-corrected chi connectivity index (χ2v) is 11.6. The number of benzene rings is 1. The van der Waals surface area contributed by atoms with Crippen molar-refractivity contribution in [1.29, 1.82) is 0 Å². The van der Waals surface area contributed by atoms with Gasteiger partial charge in [-0.3, -0.25) is 9.59 Å². The van der Waals surface area contributed by atoms with E-state index >= 15 is 0 Å². The number of nitrogens with one attached hydrogen (secondary N) is 2. The summed E-state index contributed by atoms with van der Waals surface area (Å²) in [5, 5.41) is 5.28. The van der Waals surface area contributed by atoms with Gasteiger partial charge in [-0.05, 0) is 79.9 Å². The van der Waals surface area contributed by atoms with E-state index in [1.807, 2.05) is 6.92 Å². The van der Waals surface area contributed by atoms with Crippen LogP contribution in [-0.2, 0) is 21.9 Å². The lowest BCUT2D eigenvalue weighted by Crippen LogP contribution is -2.53. The van der Waals surface area contributed by atoms with Crippen molar-refractivity contribution in [2.45, 2.75) is 71.1 Å². The maximum Gasteiger partial charge on any atom is 0.418 e. The minimum absolute atomic E-state index is 0.0215. The molecule has 2 saturated carbocycles. The lowest BCUT2D eigenvalue weighted by molar-refractivity contribution is -0.141. The Kier molecular flexibility index (Phi) is 5.99. The van der Waals surface area contributed by atoms with E-state index in [-0.39, 0.29) is 23.2 Å². The molecular weight excluding hydrogens is 498 g/mol. The Hall–Kier alpha value is -2.52. The van der Waals surface area contributed by atoms with Gasteiger partial charge in [-0.1, -0.05) is 19.9 Å². The van der Waals surface area contributed by atoms with Gasteiger partial charge in [0.1, 0.15) is 0 Å². The number of anilines is 1. The van der Waals surface area contributed by atoms with E-state index in [0.717, 1.165) is 31.4 Å². The number of carbonyl (C=O) groups is 2. The molecule has 1 aliphatic heterocycles. The summed E-state index contributed by atoms with van der Waals surface area (Å²) in [6.07, 6.45) is -2.95. The highest BCUT2D eigenvalue weighted by Crippen LogP contribution is 2.65. The fourth-order valence-corrected chi connectivity index (χ4v) is 7.92. The molecule has 6 atom stereocenters. The summed E-state index contributed by atoms with van der Waals surface area (Å²) >= 11 is 0. The van der Waals surface area contributed by atoms with Gasteiger partial charge in [0.25, 0.3) is 0 Å². The second-order valence-electron chi connectivity index (χ2n) is 11.6. The molecule has 1 aromatic carbocycles. The number of hydrogen-bond acceptors (Lipinski definition) is 2. The van der Waals surface area contributed by atoms with Crippen LogP contribution < -0.4 is 10.6 Å². The fraction of sp³-hybridized carbons (Fsp3) is 0.630. The molecule has 202 valence electrons. The number of amides is 2. The Morgan fingerprint density at radius 3 is 2.41 bits per heavy atom. The summed E-state index contributed by atoms with van der Waals surface area (Å²) < 4.78 is 80.4. The van der Waals surface area contributed by atoms with Crippen molar-refractivity contribution in [3.63, 3.8) is 0 Å². The summed E-state index contributed by atoms with van der Waals surface area (Å²) in [6.45, 7) is 4.19. The topological polar surface area (TPSA) is 58.2 Å². The van der Waals surface area contributed by atoms with Crippen molar-refractivity contribution in [3.8, 4) is 0 Å². The van der Waals surface area contributed by atoms with Crippen LogP contribution in [0.25, 0.3) is 0 Å². The predicted octanol–water partition coefficient (Wildman–Crippen LogP) is 6.93. The van der Waals surface area contributed by atoms with Gasteiger partial charge in [-0.25, -0.2) is 0 Å². The summed E-state index contributed by atoms with van der Waals surface area (Å²) in [6, 6.07) is 1.13. The smallest absolute Gasteiger partial charge is 0.330 e. The normalized spacial score (nSPS) is 35.6. The van der Waals surface area contributed by atoms with Gasteiger partial charge < -0.3 is 10.6 Å². The molecule has 2 amide bonds. The molecule has 0 aromatic heterocycles. The minimum atomic E-state index is -4.91. The molecule has 4 nitrogen and oxygen atoms in total. The highest BCUT2D eigenvalue weighted by Gasteiger charge is 2.60. The zero-order valence-electron chi connectivity index (χ0n) is 20.7. The largest absolute Gasteiger partial charge is 0.418 e. The molecule has 10 heteroatoms. The van der Waals surface area contributed by atoms with Gasteiger partial charge in [-0.15, -0.1) is 0 Å². The zero-order valence-corrected chi connectivity index (χ0v) is 20.7. The Labute approximate surface area is 211 Å². The van der Waals surface area contributed by atoms with Crippen molar-refractivity contribution in [2.24, 2.45) is 34.5 Å². The Bertz CT molecular complexity index is 1160. The first-order chi connectivity index (χ1) is 17.1. The van der Waals surface area contributed by atoms with E-state index in [9.17, 15) is 35.9 Å². The monoisotopic (exact) mass is 528 g/mol. The van der Waals surface area contributed by atoms with Crippen molar-refractivity contribution >= 4 is 17.5 Å². The lowest BCUT2D eigenvalue weighted by Gasteiger charge is -2.57. The quantitative estimate of drug-likeness (QED) is 0.409. The molecule has 37 heavy (non-hydrogen) atoms. The highest BCUT2D eigenvalue weighted by atomic mass is 19.4. The maximum absolute atomic E-state index is 13.6. The van der Waals surface area contributed by atoms with Gasteiger partial charge >= 0.3 is 12.4 Å². The van der Waals surface area contributed by atoms with E-state index in [1.54, 1.807) is 0 Å². The molecule has 5 rings (SSSR count). The number of allylic oxidation sites excluding steroid dienone is 2. The third kappa shape index (κ3) is 4.24. The van der Waals surface area contributed by atoms with Crippen LogP contribution in [0.1, 0.15) is 69.9 Å². The van der Waals surface area contributed by atoms with Crippen LogP contribution >= 0.6 is 0 Å². The van der Waals surface area contributed by atoms with Crippen LogP contribution in [0.4, 0.5) is 32.0 Å². The number of fused-ring (bicyclic) bond motifs is 5. The molecule has 4 aliphatic rings. The Morgan fingerprint density at radius 1 is 1.00 bits per heavy atom. The van der Waals surface area contributed by atoms with E-state index in [1.165, 1.54) is 0 Å². The molecule has 3 aliphatic carbocycles. The number of piperidine rings is 1. The average molecular weight is 529 g/mol. The summed E-state index contributed by atoms with van der Waals surface area (Å²) in [5.41, 5.74) is -3.05. The molecule has 0 bridgehead atoms. The van der Waals surface area contributed by atoms with Crippen molar-refractivity contribution in [1.82, 2.24) is 5.32 Å². The number of rotatable bonds is 2. The SMILES string of the molecule is CC12CCC(=O)NC1=CCC1C2CCC2(C)C(C(=O)Nc3cc(C(F)(F)F)ccc3C(F)(F)F)CCC12. The van der Waals surface area contributed by atoms with Crippen LogP contribution in [0, 0.1) is 34.5 Å². The second kappa shape index (κ2) is 8.50. The first-order valence-corrected chi connectivity index (χ1v) is 12.7. The van der Waals surface area contributed by atoms with Crippen molar-refractivity contribution < 1.29 is 35.9 Å². The molecule has 3 fully saturated rings. The van der Waals surface area contributed by atoms with E-state index < -0.39 is 46.4 Å². The molecule has 6 unspecified atom stereocenters. The average Bonchev–Trinajstić information content (AvgIpc) is 3.15. The molecule has 0 radical (unpaired) electrons. The number of hydrogen-bond donors (Lipinski definition) is 2. The number of halogens is 6. The standard InChI is InChI=1S/C27H30F6N2O2/c1-24-11-9-17-15(4-8-21-25(17,2)12-10-22(36)35-21)16(24)6-7-19(24)23(37)34-20-13-14(26(28,29)30)3-5-18(20)27(31,32)33/h3,5,8,13,15-17,19H,4,6-7,9-12H2,1-2H3,(H,34,37)(H,35,36). The predicted molar refractivity (Wildman–Crippen MR) is 124 cm³/mol. The van der Waals surface area contributed by atoms with Crippen molar-refractivity contribution in [3.05, 3.63) is 41.1 Å². The maximum atomic E-state index is 13.6. The zero-order chi connectivity index (χ0) is 27.0. The van der Waals surface area contributed by atoms with Crippen LogP contribution in [0.5, 0.6) is 0 Å². The summed E-state index contributed by atoms with van der Waals surface area (Å²) in [4.78, 5) is 25.3. The first-order valence-electron chi connectivity index (χ1n) is 12.7. The third-order valence-electron chi connectivity index (χ3n) is 9.84. The van der Waals surface area contributed by atoms with Gasteiger partial charge in [0.05, 0.1) is 16.8 Å². The van der Waals surface area contributed by atoms with Gasteiger partial charge in [0.2, 0.25) is 11.8 Å². The van der Waals surface area contributed by atoms with Crippen LogP contribution in [0.2, 0.25) is 0 Å². The van der Waals surface area contributed by atoms with Gasteiger partial charge in [-0.2, -0.15) is 26.3 Å². The first kappa shape index (κ1) is 26.1. The third-order valence-corrected chi connectivity index (χ3v) is 9.84. The summed E-state index contributed by atoms with van der Waals surface area (Å²) in [7, 11) is 0. The van der Waals surface area contributed by atoms with Crippen LogP contribution in [0.3, 0.4) is 0 Å². The lowest BCUT2D eigenvalue weighted by atomic mass is 9.49. The van der Waals surface area contributed by atoms with Crippen LogP contribution in [0.15, 0.2) is 30.0 Å². The minimum Gasteiger partial charge on any atom is -0.330 e. The number of alkyl halides is 6. The van der Waals surface area contributed by atoms with Crippen molar-refractivity contribution in [2.75, 3.05) is 5.32 Å². The molecular formula is C27H30F6N2O2.